The minimum absolute atomic E-state index is 0.0137. The van der Waals surface area contributed by atoms with Crippen molar-refractivity contribution in [1.29, 1.82) is 0 Å². The summed E-state index contributed by atoms with van der Waals surface area (Å²) in [5.74, 6) is 0.716. The van der Waals surface area contributed by atoms with Crippen LogP contribution in [0.3, 0.4) is 0 Å². The van der Waals surface area contributed by atoms with E-state index in [1.165, 1.54) is 10.8 Å². The molecule has 0 aliphatic carbocycles. The first-order valence-corrected chi connectivity index (χ1v) is 11.2. The number of hydrogen-bond donors (Lipinski definition) is 1. The molecule has 2 amide bonds. The molecule has 1 aliphatic rings. The third-order valence-electron chi connectivity index (χ3n) is 6.19. The van der Waals surface area contributed by atoms with Gasteiger partial charge in [0.15, 0.2) is 0 Å². The molecule has 3 aromatic rings. The van der Waals surface area contributed by atoms with Crippen LogP contribution in [0.2, 0.25) is 0 Å². The first kappa shape index (κ1) is 22.0. The molecule has 1 atom stereocenters. The van der Waals surface area contributed by atoms with Gasteiger partial charge >= 0.3 is 0 Å². The minimum Gasteiger partial charge on any atom is -0.353 e. The van der Waals surface area contributed by atoms with Crippen LogP contribution in [-0.2, 0) is 29.7 Å². The lowest BCUT2D eigenvalue weighted by atomic mass is 10.0. The van der Waals surface area contributed by atoms with Gasteiger partial charge in [0.1, 0.15) is 5.82 Å². The predicted octanol–water partition coefficient (Wildman–Crippen LogP) is 2.70. The zero-order valence-corrected chi connectivity index (χ0v) is 19.0. The molecule has 1 N–H and O–H groups in total. The Morgan fingerprint density at radius 2 is 2.00 bits per heavy atom. The van der Waals surface area contributed by atoms with Crippen molar-refractivity contribution in [3.8, 4) is 0 Å². The molecule has 1 fully saturated rings. The van der Waals surface area contributed by atoms with Gasteiger partial charge in [-0.05, 0) is 36.2 Å². The summed E-state index contributed by atoms with van der Waals surface area (Å²) in [7, 11) is 1.92. The quantitative estimate of drug-likeness (QED) is 0.622. The number of nitrogens with one attached hydrogen (secondary N) is 1. The zero-order chi connectivity index (χ0) is 22.7. The van der Waals surface area contributed by atoms with Crippen LogP contribution >= 0.6 is 0 Å². The molecule has 4 rings (SSSR count). The second kappa shape index (κ2) is 9.53. The van der Waals surface area contributed by atoms with E-state index in [0.717, 1.165) is 17.9 Å². The van der Waals surface area contributed by atoms with Crippen molar-refractivity contribution in [3.63, 3.8) is 0 Å². The van der Waals surface area contributed by atoms with Crippen LogP contribution in [0.25, 0.3) is 10.8 Å². The Hall–Kier alpha value is -3.19. The SMILES string of the molecule is CC(C)N(Cc1nccn1C)C(=O)C[C@H]1C(=O)NCCN1Cc1ccc2ccccc2c1. The number of piperazine rings is 1. The van der Waals surface area contributed by atoms with Crippen molar-refractivity contribution in [2.45, 2.75) is 45.4 Å². The van der Waals surface area contributed by atoms with Crippen LogP contribution in [-0.4, -0.2) is 56.3 Å². The second-order valence-corrected chi connectivity index (χ2v) is 8.73. The molecule has 0 spiro atoms. The summed E-state index contributed by atoms with van der Waals surface area (Å²) >= 11 is 0. The molecular weight excluding hydrogens is 402 g/mol. The van der Waals surface area contributed by atoms with E-state index < -0.39 is 6.04 Å². The highest BCUT2D eigenvalue weighted by atomic mass is 16.2. The number of amides is 2. The lowest BCUT2D eigenvalue weighted by Gasteiger charge is -2.36. The molecule has 0 bridgehead atoms. The third kappa shape index (κ3) is 4.83. The van der Waals surface area contributed by atoms with Gasteiger partial charge in [-0.3, -0.25) is 14.5 Å². The van der Waals surface area contributed by atoms with Crippen LogP contribution in [0.1, 0.15) is 31.7 Å². The van der Waals surface area contributed by atoms with E-state index in [-0.39, 0.29) is 24.3 Å². The van der Waals surface area contributed by atoms with Gasteiger partial charge in [0, 0.05) is 45.1 Å². The van der Waals surface area contributed by atoms with Crippen LogP contribution in [0.5, 0.6) is 0 Å². The van der Waals surface area contributed by atoms with E-state index in [0.29, 0.717) is 19.6 Å². The average Bonchev–Trinajstić information content (AvgIpc) is 3.18. The Morgan fingerprint density at radius 1 is 1.22 bits per heavy atom. The van der Waals surface area contributed by atoms with Crippen LogP contribution in [0.15, 0.2) is 54.9 Å². The molecule has 7 nitrogen and oxygen atoms in total. The van der Waals surface area contributed by atoms with Crippen molar-refractivity contribution in [3.05, 3.63) is 66.2 Å². The van der Waals surface area contributed by atoms with Crippen molar-refractivity contribution in [1.82, 2.24) is 24.7 Å². The largest absolute Gasteiger partial charge is 0.353 e. The number of carbonyl (C=O) groups is 2. The number of benzene rings is 2. The van der Waals surface area contributed by atoms with Crippen LogP contribution in [0.4, 0.5) is 0 Å². The number of rotatable bonds is 7. The summed E-state index contributed by atoms with van der Waals surface area (Å²) in [6.07, 6.45) is 3.76. The van der Waals surface area contributed by atoms with Crippen LogP contribution in [0, 0.1) is 0 Å². The fourth-order valence-electron chi connectivity index (χ4n) is 4.29. The lowest BCUT2D eigenvalue weighted by molar-refractivity contribution is -0.140. The summed E-state index contributed by atoms with van der Waals surface area (Å²) in [4.78, 5) is 34.3. The first-order valence-electron chi connectivity index (χ1n) is 11.2. The monoisotopic (exact) mass is 433 g/mol. The summed E-state index contributed by atoms with van der Waals surface area (Å²) in [6, 6.07) is 14.2. The molecule has 1 saturated heterocycles. The number of fused-ring (bicyclic) bond motifs is 1. The van der Waals surface area contributed by atoms with Gasteiger partial charge in [-0.2, -0.15) is 0 Å². The highest BCUT2D eigenvalue weighted by Gasteiger charge is 2.33. The molecular formula is C25H31N5O2. The third-order valence-corrected chi connectivity index (χ3v) is 6.19. The van der Waals surface area contributed by atoms with Crippen molar-refractivity contribution in [2.75, 3.05) is 13.1 Å². The average molecular weight is 434 g/mol. The number of hydrogen-bond acceptors (Lipinski definition) is 4. The fraction of sp³-hybridized carbons (Fsp3) is 0.400. The summed E-state index contributed by atoms with van der Waals surface area (Å²) in [5.41, 5.74) is 1.14. The number of aryl methyl sites for hydroxylation is 1. The predicted molar refractivity (Wildman–Crippen MR) is 125 cm³/mol. The minimum atomic E-state index is -0.481. The molecule has 1 aliphatic heterocycles. The van der Waals surface area contributed by atoms with Crippen molar-refractivity contribution < 1.29 is 9.59 Å². The molecule has 7 heteroatoms. The Bertz CT molecular complexity index is 1110. The topological polar surface area (TPSA) is 70.5 Å². The van der Waals surface area contributed by atoms with Gasteiger partial charge in [0.2, 0.25) is 11.8 Å². The number of aromatic nitrogens is 2. The van der Waals surface area contributed by atoms with E-state index >= 15 is 0 Å². The number of imidazole rings is 1. The number of carbonyl (C=O) groups excluding carboxylic acids is 2. The zero-order valence-electron chi connectivity index (χ0n) is 19.0. The molecule has 2 heterocycles. The maximum Gasteiger partial charge on any atom is 0.237 e. The lowest BCUT2D eigenvalue weighted by Crippen LogP contribution is -2.56. The van der Waals surface area contributed by atoms with Gasteiger partial charge in [-0.15, -0.1) is 0 Å². The van der Waals surface area contributed by atoms with E-state index in [4.69, 9.17) is 0 Å². The maximum atomic E-state index is 13.3. The molecule has 32 heavy (non-hydrogen) atoms. The van der Waals surface area contributed by atoms with E-state index in [2.05, 4.69) is 45.5 Å². The van der Waals surface area contributed by atoms with Crippen molar-refractivity contribution in [2.24, 2.45) is 7.05 Å². The Balaban J connectivity index is 1.50. The Kier molecular flexibility index (Phi) is 6.55. The van der Waals surface area contributed by atoms with Gasteiger partial charge in [0.25, 0.3) is 0 Å². The highest BCUT2D eigenvalue weighted by molar-refractivity contribution is 5.89. The molecule has 1 aromatic heterocycles. The van der Waals surface area contributed by atoms with Crippen molar-refractivity contribution >= 4 is 22.6 Å². The van der Waals surface area contributed by atoms with Gasteiger partial charge in [-0.1, -0.05) is 36.4 Å². The Labute approximate surface area is 189 Å². The summed E-state index contributed by atoms with van der Waals surface area (Å²) in [5, 5.41) is 5.31. The smallest absolute Gasteiger partial charge is 0.237 e. The standard InChI is InChI=1S/C25H31N5O2/c1-18(2)30(17-23-26-10-12-28(23)3)24(31)15-22-25(32)27-11-13-29(22)16-19-8-9-20-6-4-5-7-21(20)14-19/h4-10,12,14,18,22H,11,13,15-17H2,1-3H3,(H,27,32)/t22-/m0/s1. The summed E-state index contributed by atoms with van der Waals surface area (Å²) in [6.45, 7) is 6.37. The van der Waals surface area contributed by atoms with Gasteiger partial charge < -0.3 is 14.8 Å². The molecule has 2 aromatic carbocycles. The van der Waals surface area contributed by atoms with Crippen LogP contribution < -0.4 is 5.32 Å². The van der Waals surface area contributed by atoms with Gasteiger partial charge in [0.05, 0.1) is 19.0 Å². The van der Waals surface area contributed by atoms with Gasteiger partial charge in [-0.25, -0.2) is 4.98 Å². The second-order valence-electron chi connectivity index (χ2n) is 8.73. The van der Waals surface area contributed by atoms with E-state index in [1.807, 2.05) is 43.8 Å². The normalized spacial score (nSPS) is 17.0. The first-order chi connectivity index (χ1) is 15.4. The van der Waals surface area contributed by atoms with E-state index in [1.54, 1.807) is 11.1 Å². The highest BCUT2D eigenvalue weighted by Crippen LogP contribution is 2.20. The molecule has 0 saturated carbocycles. The maximum absolute atomic E-state index is 13.3. The molecule has 0 unspecified atom stereocenters. The number of nitrogens with zero attached hydrogens (tertiary/aromatic N) is 4. The molecule has 0 radical (unpaired) electrons. The molecule has 168 valence electrons. The van der Waals surface area contributed by atoms with E-state index in [9.17, 15) is 9.59 Å². The fourth-order valence-corrected chi connectivity index (χ4v) is 4.29. The Morgan fingerprint density at radius 3 is 2.72 bits per heavy atom. The summed E-state index contributed by atoms with van der Waals surface area (Å²) < 4.78 is 1.92.